The summed E-state index contributed by atoms with van der Waals surface area (Å²) in [5.41, 5.74) is 0.117. The zero-order chi connectivity index (χ0) is 13.6. The summed E-state index contributed by atoms with van der Waals surface area (Å²) in [5, 5.41) is 12.0. The molecule has 100 valence electrons. The molecule has 1 heterocycles. The van der Waals surface area contributed by atoms with Crippen molar-refractivity contribution < 1.29 is 14.6 Å². The van der Waals surface area contributed by atoms with Gasteiger partial charge in [-0.05, 0) is 24.0 Å². The van der Waals surface area contributed by atoms with E-state index < -0.39 is 5.97 Å². The lowest BCUT2D eigenvalue weighted by molar-refractivity contribution is 0.0690. The number of carboxylic acid groups (broad SMARTS) is 1. The van der Waals surface area contributed by atoms with E-state index in [-0.39, 0.29) is 11.1 Å². The van der Waals surface area contributed by atoms with Crippen molar-refractivity contribution in [3.05, 3.63) is 23.9 Å². The van der Waals surface area contributed by atoms with Gasteiger partial charge in [0.1, 0.15) is 5.82 Å². The van der Waals surface area contributed by atoms with Crippen LogP contribution < -0.4 is 5.32 Å². The van der Waals surface area contributed by atoms with E-state index in [1.807, 2.05) is 0 Å². The molecule has 2 N–H and O–H groups in total. The van der Waals surface area contributed by atoms with Crippen LogP contribution in [0.4, 0.5) is 5.82 Å². The predicted molar refractivity (Wildman–Crippen MR) is 70.0 cm³/mol. The van der Waals surface area contributed by atoms with Crippen LogP contribution in [0.2, 0.25) is 0 Å². The lowest BCUT2D eigenvalue weighted by atomic mass is 9.90. The molecular weight excluding hydrogens is 232 g/mol. The molecule has 5 nitrogen and oxygen atoms in total. The molecule has 0 aliphatic carbocycles. The Morgan fingerprint density at radius 1 is 1.50 bits per heavy atom. The second-order valence-corrected chi connectivity index (χ2v) is 4.97. The molecule has 1 aromatic rings. The number of hydrogen-bond donors (Lipinski definition) is 2. The first-order valence-corrected chi connectivity index (χ1v) is 5.88. The number of carbonyl (C=O) groups is 1. The highest BCUT2D eigenvalue weighted by atomic mass is 16.5. The molecule has 0 aliphatic rings. The second-order valence-electron chi connectivity index (χ2n) is 4.97. The summed E-state index contributed by atoms with van der Waals surface area (Å²) in [6, 6.07) is 4.92. The van der Waals surface area contributed by atoms with E-state index in [4.69, 9.17) is 9.84 Å². The first kappa shape index (κ1) is 14.4. The van der Waals surface area contributed by atoms with E-state index in [9.17, 15) is 4.79 Å². The Hall–Kier alpha value is -1.62. The van der Waals surface area contributed by atoms with Crippen molar-refractivity contribution in [2.45, 2.75) is 20.3 Å². The van der Waals surface area contributed by atoms with Crippen molar-refractivity contribution in [2.24, 2.45) is 5.41 Å². The summed E-state index contributed by atoms with van der Waals surface area (Å²) in [4.78, 5) is 14.8. The maximum atomic E-state index is 10.8. The van der Waals surface area contributed by atoms with Gasteiger partial charge in [0.2, 0.25) is 0 Å². The Bertz CT molecular complexity index is 405. The number of aromatic nitrogens is 1. The summed E-state index contributed by atoms with van der Waals surface area (Å²) in [5.74, 6) is -0.433. The van der Waals surface area contributed by atoms with Crippen LogP contribution in [0.1, 0.15) is 30.8 Å². The van der Waals surface area contributed by atoms with Gasteiger partial charge in [-0.25, -0.2) is 9.78 Å². The van der Waals surface area contributed by atoms with Gasteiger partial charge in [0.05, 0.1) is 0 Å². The van der Waals surface area contributed by atoms with Crippen molar-refractivity contribution in [3.63, 3.8) is 0 Å². The topological polar surface area (TPSA) is 71.5 Å². The molecule has 0 fully saturated rings. The Labute approximate surface area is 107 Å². The minimum Gasteiger partial charge on any atom is -0.477 e. The van der Waals surface area contributed by atoms with Gasteiger partial charge in [-0.3, -0.25) is 0 Å². The van der Waals surface area contributed by atoms with Crippen LogP contribution >= 0.6 is 0 Å². The Morgan fingerprint density at radius 2 is 2.22 bits per heavy atom. The van der Waals surface area contributed by atoms with E-state index in [1.165, 1.54) is 6.07 Å². The van der Waals surface area contributed by atoms with Gasteiger partial charge < -0.3 is 15.2 Å². The molecule has 0 atom stereocenters. The lowest BCUT2D eigenvalue weighted by Gasteiger charge is -2.24. The molecule has 0 amide bonds. The van der Waals surface area contributed by atoms with E-state index in [0.29, 0.717) is 19.0 Å². The summed E-state index contributed by atoms with van der Waals surface area (Å²) in [6.45, 7) is 5.67. The molecule has 5 heteroatoms. The molecular formula is C13H20N2O3. The standard InChI is InChI=1S/C13H20N2O3/c1-13(2,7-8-18-3)9-14-11-6-4-5-10(15-11)12(16)17/h4-6H,7-9H2,1-3H3,(H,14,15)(H,16,17). The fourth-order valence-electron chi connectivity index (χ4n) is 1.45. The molecule has 1 rings (SSSR count). The maximum absolute atomic E-state index is 10.8. The highest BCUT2D eigenvalue weighted by Gasteiger charge is 2.17. The van der Waals surface area contributed by atoms with Crippen molar-refractivity contribution in [2.75, 3.05) is 25.6 Å². The van der Waals surface area contributed by atoms with Crippen molar-refractivity contribution >= 4 is 11.8 Å². The molecule has 0 unspecified atom stereocenters. The number of anilines is 1. The van der Waals surface area contributed by atoms with Crippen LogP contribution in [-0.4, -0.2) is 36.3 Å². The quantitative estimate of drug-likeness (QED) is 0.778. The molecule has 0 aromatic carbocycles. The number of pyridine rings is 1. The zero-order valence-corrected chi connectivity index (χ0v) is 11.1. The number of rotatable bonds is 7. The molecule has 0 aliphatic heterocycles. The van der Waals surface area contributed by atoms with Crippen LogP contribution in [0, 0.1) is 5.41 Å². The van der Waals surface area contributed by atoms with Crippen molar-refractivity contribution in [1.29, 1.82) is 0 Å². The number of nitrogens with one attached hydrogen (secondary N) is 1. The highest BCUT2D eigenvalue weighted by molar-refractivity contribution is 5.85. The minimum atomic E-state index is -1.02. The van der Waals surface area contributed by atoms with E-state index in [2.05, 4.69) is 24.1 Å². The maximum Gasteiger partial charge on any atom is 0.354 e. The summed E-state index contributed by atoms with van der Waals surface area (Å²) in [7, 11) is 1.68. The number of carboxylic acids is 1. The number of nitrogens with zero attached hydrogens (tertiary/aromatic N) is 1. The Morgan fingerprint density at radius 3 is 2.83 bits per heavy atom. The van der Waals surface area contributed by atoms with Gasteiger partial charge in [-0.15, -0.1) is 0 Å². The van der Waals surface area contributed by atoms with Crippen molar-refractivity contribution in [3.8, 4) is 0 Å². The smallest absolute Gasteiger partial charge is 0.354 e. The minimum absolute atomic E-state index is 0.0506. The first-order chi connectivity index (χ1) is 8.44. The SMILES string of the molecule is COCCC(C)(C)CNc1cccc(C(=O)O)n1. The first-order valence-electron chi connectivity index (χ1n) is 5.88. The second kappa shape index (κ2) is 6.35. The van der Waals surface area contributed by atoms with Crippen LogP contribution in [0.25, 0.3) is 0 Å². The molecule has 1 aromatic heterocycles. The van der Waals surface area contributed by atoms with E-state index >= 15 is 0 Å². The largest absolute Gasteiger partial charge is 0.477 e. The lowest BCUT2D eigenvalue weighted by Crippen LogP contribution is -2.25. The highest BCUT2D eigenvalue weighted by Crippen LogP contribution is 2.20. The summed E-state index contributed by atoms with van der Waals surface area (Å²) >= 11 is 0. The average Bonchev–Trinajstić information content (AvgIpc) is 2.34. The molecule has 18 heavy (non-hydrogen) atoms. The van der Waals surface area contributed by atoms with Crippen LogP contribution in [0.5, 0.6) is 0 Å². The van der Waals surface area contributed by atoms with Gasteiger partial charge in [-0.2, -0.15) is 0 Å². The van der Waals surface area contributed by atoms with Gasteiger partial charge in [-0.1, -0.05) is 19.9 Å². The summed E-state index contributed by atoms with van der Waals surface area (Å²) < 4.78 is 5.06. The van der Waals surface area contributed by atoms with Crippen LogP contribution in [-0.2, 0) is 4.74 Å². The number of methoxy groups -OCH3 is 1. The number of aromatic carboxylic acids is 1. The number of ether oxygens (including phenoxy) is 1. The fraction of sp³-hybridized carbons (Fsp3) is 0.538. The van der Waals surface area contributed by atoms with E-state index in [0.717, 1.165) is 6.42 Å². The third-order valence-corrected chi connectivity index (χ3v) is 2.70. The van der Waals surface area contributed by atoms with Gasteiger partial charge >= 0.3 is 5.97 Å². The zero-order valence-electron chi connectivity index (χ0n) is 11.1. The third kappa shape index (κ3) is 4.71. The van der Waals surface area contributed by atoms with Gasteiger partial charge in [0, 0.05) is 20.3 Å². The monoisotopic (exact) mass is 252 g/mol. The molecule has 0 radical (unpaired) electrons. The fourth-order valence-corrected chi connectivity index (χ4v) is 1.45. The van der Waals surface area contributed by atoms with Crippen LogP contribution in [0.3, 0.4) is 0 Å². The van der Waals surface area contributed by atoms with Crippen molar-refractivity contribution in [1.82, 2.24) is 4.98 Å². The van der Waals surface area contributed by atoms with E-state index in [1.54, 1.807) is 19.2 Å². The molecule has 0 spiro atoms. The Kier molecular flexibility index (Phi) is 5.09. The van der Waals surface area contributed by atoms with Gasteiger partial charge in [0.15, 0.2) is 5.69 Å². The molecule has 0 saturated carbocycles. The van der Waals surface area contributed by atoms with Gasteiger partial charge in [0.25, 0.3) is 0 Å². The van der Waals surface area contributed by atoms with Crippen LogP contribution in [0.15, 0.2) is 18.2 Å². The summed E-state index contributed by atoms with van der Waals surface area (Å²) in [6.07, 6.45) is 0.926. The molecule has 0 bridgehead atoms. The normalized spacial score (nSPS) is 11.3. The number of hydrogen-bond acceptors (Lipinski definition) is 4. The molecule has 0 saturated heterocycles. The predicted octanol–water partition coefficient (Wildman–Crippen LogP) is 2.25. The Balaban J connectivity index is 2.57. The average molecular weight is 252 g/mol. The third-order valence-electron chi connectivity index (χ3n) is 2.70.